The van der Waals surface area contributed by atoms with Gasteiger partial charge >= 0.3 is 0 Å². The quantitative estimate of drug-likeness (QED) is 0.832. The summed E-state index contributed by atoms with van der Waals surface area (Å²) in [5, 5.41) is 2.86. The van der Waals surface area contributed by atoms with Crippen LogP contribution < -0.4 is 5.32 Å². The minimum atomic E-state index is 0.188. The molecule has 1 unspecified atom stereocenters. The van der Waals surface area contributed by atoms with Gasteiger partial charge in [-0.25, -0.2) is 0 Å². The highest BCUT2D eigenvalue weighted by atomic mass is 127. The fourth-order valence-corrected chi connectivity index (χ4v) is 2.40. The lowest BCUT2D eigenvalue weighted by atomic mass is 9.98. The molecular weight excluding hydrogens is 289 g/mol. The number of hydrogen-bond donors (Lipinski definition) is 1. The Morgan fingerprint density at radius 1 is 1.50 bits per heavy atom. The monoisotopic (exact) mass is 301 g/mol. The van der Waals surface area contributed by atoms with Crippen LogP contribution in [0.2, 0.25) is 0 Å². The molecule has 2 rings (SSSR count). The maximum absolute atomic E-state index is 11.4. The second kappa shape index (κ2) is 4.29. The van der Waals surface area contributed by atoms with Crippen molar-refractivity contribution in [1.82, 2.24) is 5.32 Å². The van der Waals surface area contributed by atoms with Crippen molar-refractivity contribution in [3.05, 3.63) is 33.4 Å². The standard InChI is InChI=1S/C11H12INO/c12-10-3-1-2-8(7-10)6-9-4-5-13-11(9)14/h1-3,7,9H,4-6H2,(H,13,14). The molecule has 3 heteroatoms. The molecule has 0 aliphatic carbocycles. The zero-order valence-corrected chi connectivity index (χ0v) is 9.95. The molecule has 1 N–H and O–H groups in total. The first-order valence-electron chi connectivity index (χ1n) is 4.78. The smallest absolute Gasteiger partial charge is 0.223 e. The molecule has 2 nitrogen and oxygen atoms in total. The molecule has 1 aromatic carbocycles. The summed E-state index contributed by atoms with van der Waals surface area (Å²) >= 11 is 2.30. The van der Waals surface area contributed by atoms with Crippen molar-refractivity contribution in [2.24, 2.45) is 5.92 Å². The number of carbonyl (C=O) groups excluding carboxylic acids is 1. The van der Waals surface area contributed by atoms with Crippen LogP contribution in [0.5, 0.6) is 0 Å². The SMILES string of the molecule is O=C1NCCC1Cc1cccc(I)c1. The third-order valence-electron chi connectivity index (χ3n) is 2.53. The lowest BCUT2D eigenvalue weighted by Gasteiger charge is -2.06. The van der Waals surface area contributed by atoms with Gasteiger partial charge in [0.15, 0.2) is 0 Å². The van der Waals surface area contributed by atoms with Crippen LogP contribution in [0.15, 0.2) is 24.3 Å². The molecule has 0 aromatic heterocycles. The maximum atomic E-state index is 11.4. The summed E-state index contributed by atoms with van der Waals surface area (Å²) in [6, 6.07) is 8.35. The molecule has 0 radical (unpaired) electrons. The van der Waals surface area contributed by atoms with E-state index in [1.807, 2.05) is 6.07 Å². The van der Waals surface area contributed by atoms with Gasteiger partial charge < -0.3 is 5.32 Å². The van der Waals surface area contributed by atoms with Crippen LogP contribution in [0.4, 0.5) is 0 Å². The number of hydrogen-bond acceptors (Lipinski definition) is 1. The number of halogens is 1. The van der Waals surface area contributed by atoms with Crippen molar-refractivity contribution < 1.29 is 4.79 Å². The number of carbonyl (C=O) groups is 1. The lowest BCUT2D eigenvalue weighted by molar-refractivity contribution is -0.122. The first-order chi connectivity index (χ1) is 6.75. The van der Waals surface area contributed by atoms with Gasteiger partial charge in [-0.05, 0) is 53.1 Å². The lowest BCUT2D eigenvalue weighted by Crippen LogP contribution is -2.20. The summed E-state index contributed by atoms with van der Waals surface area (Å²) in [5.41, 5.74) is 1.26. The Morgan fingerprint density at radius 2 is 2.36 bits per heavy atom. The van der Waals surface area contributed by atoms with Gasteiger partial charge in [-0.15, -0.1) is 0 Å². The third kappa shape index (κ3) is 2.26. The van der Waals surface area contributed by atoms with Gasteiger partial charge in [0.1, 0.15) is 0 Å². The van der Waals surface area contributed by atoms with E-state index in [0.717, 1.165) is 19.4 Å². The van der Waals surface area contributed by atoms with Crippen molar-refractivity contribution >= 4 is 28.5 Å². The highest BCUT2D eigenvalue weighted by Gasteiger charge is 2.23. The van der Waals surface area contributed by atoms with Gasteiger partial charge in [0, 0.05) is 16.0 Å². The summed E-state index contributed by atoms with van der Waals surface area (Å²) in [5.74, 6) is 0.400. The van der Waals surface area contributed by atoms with E-state index in [4.69, 9.17) is 0 Å². The van der Waals surface area contributed by atoms with Crippen molar-refractivity contribution in [2.75, 3.05) is 6.54 Å². The minimum Gasteiger partial charge on any atom is -0.356 e. The molecule has 1 atom stereocenters. The van der Waals surface area contributed by atoms with Crippen LogP contribution in [0.25, 0.3) is 0 Å². The van der Waals surface area contributed by atoms with Crippen molar-refractivity contribution in [3.8, 4) is 0 Å². The molecule has 14 heavy (non-hydrogen) atoms. The molecule has 0 spiro atoms. The Labute approximate surface area is 97.2 Å². The van der Waals surface area contributed by atoms with Crippen LogP contribution >= 0.6 is 22.6 Å². The van der Waals surface area contributed by atoms with Crippen LogP contribution in [0, 0.1) is 9.49 Å². The molecule has 1 fully saturated rings. The highest BCUT2D eigenvalue weighted by molar-refractivity contribution is 14.1. The molecule has 1 aliphatic heterocycles. The van der Waals surface area contributed by atoms with Gasteiger partial charge in [0.05, 0.1) is 0 Å². The Kier molecular flexibility index (Phi) is 3.05. The van der Waals surface area contributed by atoms with Crippen molar-refractivity contribution in [1.29, 1.82) is 0 Å². The molecule has 0 bridgehead atoms. The van der Waals surface area contributed by atoms with E-state index < -0.39 is 0 Å². The van der Waals surface area contributed by atoms with Gasteiger partial charge in [-0.2, -0.15) is 0 Å². The molecule has 0 saturated carbocycles. The highest BCUT2D eigenvalue weighted by Crippen LogP contribution is 2.17. The van der Waals surface area contributed by atoms with Gasteiger partial charge in [-0.3, -0.25) is 4.79 Å². The first-order valence-corrected chi connectivity index (χ1v) is 5.86. The van der Waals surface area contributed by atoms with Gasteiger partial charge in [0.25, 0.3) is 0 Å². The molecule has 1 saturated heterocycles. The van der Waals surface area contributed by atoms with E-state index in [1.165, 1.54) is 9.13 Å². The Morgan fingerprint density at radius 3 is 3.00 bits per heavy atom. The van der Waals surface area contributed by atoms with E-state index in [2.05, 4.69) is 46.1 Å². The van der Waals surface area contributed by atoms with E-state index in [9.17, 15) is 4.79 Å². The summed E-state index contributed by atoms with van der Waals surface area (Å²) in [6.07, 6.45) is 1.85. The normalized spacial score (nSPS) is 20.9. The molecule has 1 amide bonds. The van der Waals surface area contributed by atoms with Crippen LogP contribution in [0.1, 0.15) is 12.0 Å². The molecule has 74 valence electrons. The van der Waals surface area contributed by atoms with Crippen molar-refractivity contribution in [3.63, 3.8) is 0 Å². The van der Waals surface area contributed by atoms with E-state index in [1.54, 1.807) is 0 Å². The topological polar surface area (TPSA) is 29.1 Å². The van der Waals surface area contributed by atoms with Crippen LogP contribution in [-0.4, -0.2) is 12.5 Å². The number of amides is 1. The summed E-state index contributed by atoms with van der Waals surface area (Å²) in [6.45, 7) is 0.841. The molecular formula is C11H12INO. The maximum Gasteiger partial charge on any atom is 0.223 e. The van der Waals surface area contributed by atoms with E-state index in [-0.39, 0.29) is 11.8 Å². The molecule has 1 aromatic rings. The number of nitrogens with one attached hydrogen (secondary N) is 1. The molecule has 1 aliphatic rings. The van der Waals surface area contributed by atoms with Gasteiger partial charge in [0.2, 0.25) is 5.91 Å². The average molecular weight is 301 g/mol. The second-order valence-corrected chi connectivity index (χ2v) is 4.86. The number of rotatable bonds is 2. The number of benzene rings is 1. The Balaban J connectivity index is 2.07. The predicted octanol–water partition coefficient (Wildman–Crippen LogP) is 1.97. The Bertz CT molecular complexity index is 351. The van der Waals surface area contributed by atoms with Crippen LogP contribution in [0.3, 0.4) is 0 Å². The minimum absolute atomic E-state index is 0.188. The predicted molar refractivity (Wildman–Crippen MR) is 64.0 cm³/mol. The van der Waals surface area contributed by atoms with E-state index in [0.29, 0.717) is 0 Å². The van der Waals surface area contributed by atoms with Crippen LogP contribution in [-0.2, 0) is 11.2 Å². The summed E-state index contributed by atoms with van der Waals surface area (Å²) in [7, 11) is 0. The first kappa shape index (κ1) is 9.96. The van der Waals surface area contributed by atoms with Gasteiger partial charge in [-0.1, -0.05) is 12.1 Å². The Hall–Kier alpha value is -0.580. The molecule has 1 heterocycles. The average Bonchev–Trinajstić information content (AvgIpc) is 2.52. The summed E-state index contributed by atoms with van der Waals surface area (Å²) < 4.78 is 1.23. The third-order valence-corrected chi connectivity index (χ3v) is 3.20. The second-order valence-electron chi connectivity index (χ2n) is 3.61. The zero-order chi connectivity index (χ0) is 9.97. The zero-order valence-electron chi connectivity index (χ0n) is 7.79. The van der Waals surface area contributed by atoms with Crippen molar-refractivity contribution in [2.45, 2.75) is 12.8 Å². The summed E-state index contributed by atoms with van der Waals surface area (Å²) in [4.78, 5) is 11.4. The van der Waals surface area contributed by atoms with E-state index >= 15 is 0 Å². The fraction of sp³-hybridized carbons (Fsp3) is 0.364. The largest absolute Gasteiger partial charge is 0.356 e. The fourth-order valence-electron chi connectivity index (χ4n) is 1.79.